The molecule has 3 nitrogen and oxygen atoms in total. The minimum Gasteiger partial charge on any atom is -0.305 e. The SMILES string of the molecule is CCCNC(c1cc(F)cc(Br)c1)c1c(Cl)cnn1C. The number of nitrogens with zero attached hydrogens (tertiary/aromatic N) is 2. The maximum Gasteiger partial charge on any atom is 0.124 e. The van der Waals surface area contributed by atoms with Gasteiger partial charge in [-0.1, -0.05) is 34.5 Å². The van der Waals surface area contributed by atoms with Crippen molar-refractivity contribution in [2.45, 2.75) is 19.4 Å². The van der Waals surface area contributed by atoms with Gasteiger partial charge in [0.15, 0.2) is 0 Å². The Morgan fingerprint density at radius 3 is 2.75 bits per heavy atom. The van der Waals surface area contributed by atoms with Crippen LogP contribution < -0.4 is 5.32 Å². The molecule has 0 aliphatic carbocycles. The number of aryl methyl sites for hydroxylation is 1. The summed E-state index contributed by atoms with van der Waals surface area (Å²) >= 11 is 9.55. The molecule has 0 saturated carbocycles. The summed E-state index contributed by atoms with van der Waals surface area (Å²) in [6.07, 6.45) is 2.58. The Morgan fingerprint density at radius 1 is 1.45 bits per heavy atom. The molecule has 1 aromatic carbocycles. The maximum absolute atomic E-state index is 13.6. The second kappa shape index (κ2) is 6.70. The Balaban J connectivity index is 2.47. The van der Waals surface area contributed by atoms with Gasteiger partial charge in [0, 0.05) is 11.5 Å². The van der Waals surface area contributed by atoms with Crippen LogP contribution in [-0.2, 0) is 7.05 Å². The van der Waals surface area contributed by atoms with Gasteiger partial charge in [0.25, 0.3) is 0 Å². The predicted molar refractivity (Wildman–Crippen MR) is 82.5 cm³/mol. The van der Waals surface area contributed by atoms with Crippen molar-refractivity contribution in [3.63, 3.8) is 0 Å². The molecule has 1 heterocycles. The Hall–Kier alpha value is -0.910. The molecule has 0 spiro atoms. The van der Waals surface area contributed by atoms with E-state index < -0.39 is 0 Å². The van der Waals surface area contributed by atoms with E-state index in [1.54, 1.807) is 10.9 Å². The standard InChI is InChI=1S/C14H16BrClFN3/c1-3-4-18-13(14-12(16)8-19-20(14)2)9-5-10(15)7-11(17)6-9/h5-8,13,18H,3-4H2,1-2H3. The Bertz CT molecular complexity index is 560. The third-order valence-corrected chi connectivity index (χ3v) is 3.78. The number of hydrogen-bond donors (Lipinski definition) is 1. The lowest BCUT2D eigenvalue weighted by Gasteiger charge is -2.20. The minimum atomic E-state index is -0.282. The van der Waals surface area contributed by atoms with Gasteiger partial charge in [0.05, 0.1) is 23.0 Å². The molecule has 1 atom stereocenters. The van der Waals surface area contributed by atoms with E-state index in [-0.39, 0.29) is 11.9 Å². The fourth-order valence-electron chi connectivity index (χ4n) is 2.15. The average Bonchev–Trinajstić information content (AvgIpc) is 2.70. The third-order valence-electron chi connectivity index (χ3n) is 3.03. The molecule has 0 saturated heterocycles. The molecule has 20 heavy (non-hydrogen) atoms. The van der Waals surface area contributed by atoms with E-state index in [1.807, 2.05) is 13.1 Å². The molecule has 108 valence electrons. The van der Waals surface area contributed by atoms with E-state index in [1.165, 1.54) is 12.1 Å². The zero-order valence-corrected chi connectivity index (χ0v) is 13.7. The van der Waals surface area contributed by atoms with Gasteiger partial charge in [0.1, 0.15) is 5.82 Å². The summed E-state index contributed by atoms with van der Waals surface area (Å²) < 4.78 is 16.1. The average molecular weight is 361 g/mol. The normalized spacial score (nSPS) is 12.7. The largest absolute Gasteiger partial charge is 0.305 e. The highest BCUT2D eigenvalue weighted by atomic mass is 79.9. The monoisotopic (exact) mass is 359 g/mol. The van der Waals surface area contributed by atoms with E-state index >= 15 is 0 Å². The van der Waals surface area contributed by atoms with Crippen LogP contribution in [0.5, 0.6) is 0 Å². The van der Waals surface area contributed by atoms with E-state index in [4.69, 9.17) is 11.6 Å². The van der Waals surface area contributed by atoms with Gasteiger partial charge in [-0.05, 0) is 36.7 Å². The molecule has 2 rings (SSSR count). The van der Waals surface area contributed by atoms with Crippen LogP contribution in [0.1, 0.15) is 30.6 Å². The number of hydrogen-bond acceptors (Lipinski definition) is 2. The summed E-state index contributed by atoms with van der Waals surface area (Å²) in [5, 5.41) is 8.12. The van der Waals surface area contributed by atoms with Crippen LogP contribution in [0.3, 0.4) is 0 Å². The fraction of sp³-hybridized carbons (Fsp3) is 0.357. The summed E-state index contributed by atoms with van der Waals surface area (Å²) in [4.78, 5) is 0. The van der Waals surface area contributed by atoms with Crippen molar-refractivity contribution in [1.29, 1.82) is 0 Å². The summed E-state index contributed by atoms with van der Waals surface area (Å²) in [6, 6.07) is 4.65. The van der Waals surface area contributed by atoms with E-state index in [9.17, 15) is 4.39 Å². The summed E-state index contributed by atoms with van der Waals surface area (Å²) in [7, 11) is 1.83. The van der Waals surface area contributed by atoms with Gasteiger partial charge in [0.2, 0.25) is 0 Å². The molecular formula is C14H16BrClFN3. The molecule has 0 aliphatic rings. The number of nitrogens with one attached hydrogen (secondary N) is 1. The van der Waals surface area contributed by atoms with E-state index in [2.05, 4.69) is 33.3 Å². The Kier molecular flexibility index (Phi) is 5.18. The van der Waals surface area contributed by atoms with Gasteiger partial charge in [-0.3, -0.25) is 4.68 Å². The highest BCUT2D eigenvalue weighted by Gasteiger charge is 2.21. The van der Waals surface area contributed by atoms with Crippen LogP contribution in [0.4, 0.5) is 4.39 Å². The first-order chi connectivity index (χ1) is 9.52. The summed E-state index contributed by atoms with van der Waals surface area (Å²) in [6.45, 7) is 2.89. The van der Waals surface area contributed by atoms with Gasteiger partial charge in [-0.2, -0.15) is 5.10 Å². The second-order valence-corrected chi connectivity index (χ2v) is 5.91. The molecule has 1 N–H and O–H groups in total. The summed E-state index contributed by atoms with van der Waals surface area (Å²) in [5.41, 5.74) is 1.65. The van der Waals surface area contributed by atoms with Crippen LogP contribution in [0.2, 0.25) is 5.02 Å². The predicted octanol–water partition coefficient (Wildman–Crippen LogP) is 4.06. The number of benzene rings is 1. The van der Waals surface area contributed by atoms with Crippen LogP contribution in [0, 0.1) is 5.82 Å². The fourth-order valence-corrected chi connectivity index (χ4v) is 2.91. The van der Waals surface area contributed by atoms with Crippen molar-refractivity contribution in [2.24, 2.45) is 7.05 Å². The smallest absolute Gasteiger partial charge is 0.124 e. The minimum absolute atomic E-state index is 0.193. The third kappa shape index (κ3) is 3.40. The van der Waals surface area contributed by atoms with Crippen LogP contribution in [0.15, 0.2) is 28.9 Å². The first kappa shape index (κ1) is 15.5. The zero-order valence-electron chi connectivity index (χ0n) is 11.3. The lowest BCUT2D eigenvalue weighted by molar-refractivity contribution is 0.548. The Labute approximate surface area is 131 Å². The molecular weight excluding hydrogens is 345 g/mol. The quantitative estimate of drug-likeness (QED) is 0.871. The van der Waals surface area contributed by atoms with Crippen molar-refractivity contribution in [1.82, 2.24) is 15.1 Å². The highest BCUT2D eigenvalue weighted by Crippen LogP contribution is 2.30. The topological polar surface area (TPSA) is 29.9 Å². The van der Waals surface area contributed by atoms with Crippen molar-refractivity contribution in [2.75, 3.05) is 6.54 Å². The molecule has 0 amide bonds. The lowest BCUT2D eigenvalue weighted by atomic mass is 10.0. The van der Waals surface area contributed by atoms with Gasteiger partial charge in [-0.15, -0.1) is 0 Å². The zero-order chi connectivity index (χ0) is 14.7. The van der Waals surface area contributed by atoms with Crippen LogP contribution in [-0.4, -0.2) is 16.3 Å². The first-order valence-electron chi connectivity index (χ1n) is 6.39. The number of halogens is 3. The molecule has 1 unspecified atom stereocenters. The number of aromatic nitrogens is 2. The molecule has 1 aromatic heterocycles. The number of rotatable bonds is 5. The van der Waals surface area contributed by atoms with Crippen LogP contribution >= 0.6 is 27.5 Å². The van der Waals surface area contributed by atoms with Crippen molar-refractivity contribution >= 4 is 27.5 Å². The van der Waals surface area contributed by atoms with Crippen molar-refractivity contribution < 1.29 is 4.39 Å². The molecule has 2 aromatic rings. The van der Waals surface area contributed by atoms with E-state index in [0.29, 0.717) is 9.50 Å². The van der Waals surface area contributed by atoms with E-state index in [0.717, 1.165) is 24.2 Å². The van der Waals surface area contributed by atoms with Crippen LogP contribution in [0.25, 0.3) is 0 Å². The summed E-state index contributed by atoms with van der Waals surface area (Å²) in [5.74, 6) is -0.282. The molecule has 0 aliphatic heterocycles. The second-order valence-electron chi connectivity index (χ2n) is 4.59. The lowest BCUT2D eigenvalue weighted by Crippen LogP contribution is -2.25. The van der Waals surface area contributed by atoms with Gasteiger partial charge in [-0.25, -0.2) is 4.39 Å². The molecule has 0 radical (unpaired) electrons. The van der Waals surface area contributed by atoms with Gasteiger partial charge < -0.3 is 5.32 Å². The molecule has 0 fully saturated rings. The highest BCUT2D eigenvalue weighted by molar-refractivity contribution is 9.10. The van der Waals surface area contributed by atoms with Crippen molar-refractivity contribution in [3.8, 4) is 0 Å². The molecule has 0 bridgehead atoms. The van der Waals surface area contributed by atoms with Gasteiger partial charge >= 0.3 is 0 Å². The molecule has 6 heteroatoms. The maximum atomic E-state index is 13.6. The Morgan fingerprint density at radius 2 is 2.20 bits per heavy atom. The first-order valence-corrected chi connectivity index (χ1v) is 7.56. The van der Waals surface area contributed by atoms with Crippen molar-refractivity contribution in [3.05, 3.63) is 51.0 Å².